The molecule has 1 N–H and O–H groups in total. The number of thioether (sulfide) groups is 1. The van der Waals surface area contributed by atoms with Gasteiger partial charge in [-0.2, -0.15) is 4.31 Å². The van der Waals surface area contributed by atoms with Crippen molar-refractivity contribution in [2.24, 2.45) is 0 Å². The van der Waals surface area contributed by atoms with Crippen LogP contribution in [-0.4, -0.2) is 42.0 Å². The second-order valence-corrected chi connectivity index (χ2v) is 9.96. The van der Waals surface area contributed by atoms with Gasteiger partial charge in [0, 0.05) is 18.8 Å². The minimum atomic E-state index is -3.62. The Morgan fingerprint density at radius 3 is 2.57 bits per heavy atom. The number of para-hydroxylation sites is 2. The number of hydrogen-bond acceptors (Lipinski definition) is 6. The van der Waals surface area contributed by atoms with Gasteiger partial charge in [0.1, 0.15) is 5.52 Å². The zero-order valence-electron chi connectivity index (χ0n) is 17.4. The summed E-state index contributed by atoms with van der Waals surface area (Å²) in [7, 11) is -3.62. The highest BCUT2D eigenvalue weighted by atomic mass is 32.2. The third-order valence-electron chi connectivity index (χ3n) is 4.70. The lowest BCUT2D eigenvalue weighted by Crippen LogP contribution is -2.31. The Kier molecular flexibility index (Phi) is 6.84. The largest absolute Gasteiger partial charge is 0.431 e. The summed E-state index contributed by atoms with van der Waals surface area (Å²) in [6.07, 6.45) is 0. The molecule has 0 saturated heterocycles. The average molecular weight is 448 g/mol. The van der Waals surface area contributed by atoms with E-state index < -0.39 is 15.3 Å². The molecule has 0 aliphatic carbocycles. The first kappa shape index (κ1) is 22.3. The number of carbonyl (C=O) groups excluding carboxylic acids is 1. The van der Waals surface area contributed by atoms with Gasteiger partial charge < -0.3 is 9.73 Å². The number of benzene rings is 2. The van der Waals surface area contributed by atoms with Crippen molar-refractivity contribution in [2.75, 3.05) is 18.4 Å². The molecule has 1 aromatic heterocycles. The van der Waals surface area contributed by atoms with Gasteiger partial charge in [-0.05, 0) is 43.7 Å². The van der Waals surface area contributed by atoms with Crippen LogP contribution in [0.4, 0.5) is 5.69 Å². The molecule has 9 heteroatoms. The highest BCUT2D eigenvalue weighted by Crippen LogP contribution is 2.28. The number of aromatic nitrogens is 1. The molecule has 0 aliphatic rings. The SMILES string of the molecule is CCN(CC)S(=O)(=O)c1cc(NC(=O)[C@H](C)Sc2nc3ccccc3o2)ccc1C. The number of hydrogen-bond donors (Lipinski definition) is 1. The quantitative estimate of drug-likeness (QED) is 0.518. The Morgan fingerprint density at radius 1 is 1.20 bits per heavy atom. The summed E-state index contributed by atoms with van der Waals surface area (Å²) < 4.78 is 32.9. The molecule has 1 heterocycles. The molecule has 3 rings (SSSR count). The molecule has 0 aliphatic heterocycles. The topological polar surface area (TPSA) is 92.5 Å². The van der Waals surface area contributed by atoms with Crippen LogP contribution in [-0.2, 0) is 14.8 Å². The predicted octanol–water partition coefficient (Wildman–Crippen LogP) is 4.29. The number of carbonyl (C=O) groups is 1. The maximum absolute atomic E-state index is 12.9. The lowest BCUT2D eigenvalue weighted by molar-refractivity contribution is -0.115. The second kappa shape index (κ2) is 9.20. The molecule has 0 bridgehead atoms. The number of oxazole rings is 1. The Bertz CT molecular complexity index is 1120. The smallest absolute Gasteiger partial charge is 0.257 e. The summed E-state index contributed by atoms with van der Waals surface area (Å²) in [6, 6.07) is 12.3. The van der Waals surface area contributed by atoms with Crippen molar-refractivity contribution in [3.05, 3.63) is 48.0 Å². The van der Waals surface area contributed by atoms with Crippen molar-refractivity contribution in [2.45, 2.75) is 43.1 Å². The van der Waals surface area contributed by atoms with Crippen LogP contribution >= 0.6 is 11.8 Å². The van der Waals surface area contributed by atoms with Crippen LogP contribution in [0.1, 0.15) is 26.3 Å². The van der Waals surface area contributed by atoms with Gasteiger partial charge in [0.05, 0.1) is 10.1 Å². The molecule has 3 aromatic rings. The Hall–Kier alpha value is -2.36. The number of rotatable bonds is 8. The van der Waals surface area contributed by atoms with Gasteiger partial charge in [-0.15, -0.1) is 0 Å². The van der Waals surface area contributed by atoms with E-state index in [1.165, 1.54) is 22.1 Å². The summed E-state index contributed by atoms with van der Waals surface area (Å²) in [4.78, 5) is 17.2. The zero-order chi connectivity index (χ0) is 21.9. The molecule has 30 heavy (non-hydrogen) atoms. The number of nitrogens with one attached hydrogen (secondary N) is 1. The number of anilines is 1. The Morgan fingerprint density at radius 2 is 1.90 bits per heavy atom. The molecule has 1 amide bonds. The maximum atomic E-state index is 12.9. The van der Waals surface area contributed by atoms with Gasteiger partial charge in [-0.1, -0.05) is 43.8 Å². The zero-order valence-corrected chi connectivity index (χ0v) is 19.0. The van der Waals surface area contributed by atoms with Crippen LogP contribution in [0.2, 0.25) is 0 Å². The summed E-state index contributed by atoms with van der Waals surface area (Å²) in [5, 5.41) is 2.72. The highest BCUT2D eigenvalue weighted by Gasteiger charge is 2.25. The van der Waals surface area contributed by atoms with Crippen molar-refractivity contribution in [1.82, 2.24) is 9.29 Å². The summed E-state index contributed by atoms with van der Waals surface area (Å²) >= 11 is 1.21. The second-order valence-electron chi connectivity index (χ2n) is 6.77. The molecule has 2 aromatic carbocycles. The lowest BCUT2D eigenvalue weighted by atomic mass is 10.2. The molecule has 1 atom stereocenters. The third-order valence-corrected chi connectivity index (χ3v) is 7.84. The summed E-state index contributed by atoms with van der Waals surface area (Å²) in [6.45, 7) is 7.85. The first-order valence-electron chi connectivity index (χ1n) is 9.70. The van der Waals surface area contributed by atoms with Crippen molar-refractivity contribution in [1.29, 1.82) is 0 Å². The van der Waals surface area contributed by atoms with Crippen molar-refractivity contribution >= 4 is 44.5 Å². The van der Waals surface area contributed by atoms with Crippen LogP contribution in [0.3, 0.4) is 0 Å². The van der Waals surface area contributed by atoms with Crippen LogP contribution in [0.5, 0.6) is 0 Å². The van der Waals surface area contributed by atoms with Gasteiger partial charge in [-0.3, -0.25) is 4.79 Å². The Labute approximate surface area is 180 Å². The van der Waals surface area contributed by atoms with E-state index in [-0.39, 0.29) is 10.8 Å². The molecule has 0 radical (unpaired) electrons. The first-order valence-corrected chi connectivity index (χ1v) is 12.0. The number of amides is 1. The van der Waals surface area contributed by atoms with E-state index in [9.17, 15) is 13.2 Å². The van der Waals surface area contributed by atoms with Gasteiger partial charge in [-0.25, -0.2) is 13.4 Å². The van der Waals surface area contributed by atoms with Crippen LogP contribution in [0, 0.1) is 6.92 Å². The van der Waals surface area contributed by atoms with E-state index in [1.54, 1.807) is 39.8 Å². The standard InChI is InChI=1S/C21H25N3O4S2/c1-5-24(6-2)30(26,27)19-13-16(12-11-14(19)3)22-20(25)15(4)29-21-23-17-9-7-8-10-18(17)28-21/h7-13,15H,5-6H2,1-4H3,(H,22,25)/t15-/m0/s1. The first-order chi connectivity index (χ1) is 14.3. The van der Waals surface area contributed by atoms with Crippen LogP contribution in [0.15, 0.2) is 57.0 Å². The van der Waals surface area contributed by atoms with Crippen molar-refractivity contribution in [3.63, 3.8) is 0 Å². The summed E-state index contributed by atoms with van der Waals surface area (Å²) in [5.74, 6) is -0.266. The summed E-state index contributed by atoms with van der Waals surface area (Å²) in [5.41, 5.74) is 2.46. The van der Waals surface area contributed by atoms with Gasteiger partial charge >= 0.3 is 0 Å². The number of nitrogens with zero attached hydrogens (tertiary/aromatic N) is 2. The molecule has 0 saturated carbocycles. The van der Waals surface area contributed by atoms with E-state index in [1.807, 2.05) is 24.3 Å². The minimum absolute atomic E-state index is 0.197. The van der Waals surface area contributed by atoms with Crippen LogP contribution < -0.4 is 5.32 Å². The average Bonchev–Trinajstić information content (AvgIpc) is 3.12. The lowest BCUT2D eigenvalue weighted by Gasteiger charge is -2.20. The van der Waals surface area contributed by atoms with Gasteiger partial charge in [0.25, 0.3) is 5.22 Å². The molecule has 0 unspecified atom stereocenters. The highest BCUT2D eigenvalue weighted by molar-refractivity contribution is 8.00. The molecule has 160 valence electrons. The Balaban J connectivity index is 1.76. The molecular weight excluding hydrogens is 422 g/mol. The fraction of sp³-hybridized carbons (Fsp3) is 0.333. The number of aryl methyl sites for hydroxylation is 1. The predicted molar refractivity (Wildman–Crippen MR) is 119 cm³/mol. The minimum Gasteiger partial charge on any atom is -0.431 e. The molecule has 0 fully saturated rings. The van der Waals surface area contributed by atoms with Gasteiger partial charge in [0.2, 0.25) is 15.9 Å². The van der Waals surface area contributed by atoms with E-state index in [2.05, 4.69) is 10.3 Å². The van der Waals surface area contributed by atoms with Crippen LogP contribution in [0.25, 0.3) is 11.1 Å². The molecule has 0 spiro atoms. The van der Waals surface area contributed by atoms with E-state index >= 15 is 0 Å². The monoisotopic (exact) mass is 447 g/mol. The van der Waals surface area contributed by atoms with E-state index in [4.69, 9.17) is 4.42 Å². The normalized spacial score (nSPS) is 13.0. The fourth-order valence-electron chi connectivity index (χ4n) is 3.01. The van der Waals surface area contributed by atoms with Crippen molar-refractivity contribution in [3.8, 4) is 0 Å². The fourth-order valence-corrected chi connectivity index (χ4v) is 5.47. The van der Waals surface area contributed by atoms with Crippen molar-refractivity contribution < 1.29 is 17.6 Å². The maximum Gasteiger partial charge on any atom is 0.257 e. The van der Waals surface area contributed by atoms with E-state index in [0.29, 0.717) is 35.1 Å². The van der Waals surface area contributed by atoms with E-state index in [0.717, 1.165) is 5.52 Å². The van der Waals surface area contributed by atoms with Gasteiger partial charge in [0.15, 0.2) is 5.58 Å². The third kappa shape index (κ3) is 4.69. The molecule has 7 nitrogen and oxygen atoms in total. The number of fused-ring (bicyclic) bond motifs is 1. The number of sulfonamides is 1. The molecular formula is C21H25N3O4S2.